The van der Waals surface area contributed by atoms with Gasteiger partial charge in [-0.05, 0) is 26.2 Å². The van der Waals surface area contributed by atoms with E-state index in [0.29, 0.717) is 6.42 Å². The molecule has 0 saturated carbocycles. The maximum absolute atomic E-state index is 10.0. The van der Waals surface area contributed by atoms with E-state index in [4.69, 9.17) is 0 Å². The van der Waals surface area contributed by atoms with Gasteiger partial charge in [-0.2, -0.15) is 0 Å². The largest absolute Gasteiger partial charge is 0.390 e. The van der Waals surface area contributed by atoms with Gasteiger partial charge in [0.15, 0.2) is 0 Å². The minimum Gasteiger partial charge on any atom is -0.390 e. The van der Waals surface area contributed by atoms with Gasteiger partial charge in [-0.15, -0.1) is 0 Å². The van der Waals surface area contributed by atoms with Crippen LogP contribution in [0.25, 0.3) is 0 Å². The highest BCUT2D eigenvalue weighted by Crippen LogP contribution is 2.35. The SMILES string of the molecule is CC(C)(O)CC(C)(O)C(C)(C)C. The molecule has 0 aromatic carbocycles. The molecule has 0 aromatic heterocycles. The minimum atomic E-state index is -0.828. The van der Waals surface area contributed by atoms with Crippen LogP contribution in [0.1, 0.15) is 48.0 Å². The summed E-state index contributed by atoms with van der Waals surface area (Å²) in [5, 5.41) is 19.6. The fourth-order valence-electron chi connectivity index (χ4n) is 1.11. The first-order valence-electron chi connectivity index (χ1n) is 4.40. The van der Waals surface area contributed by atoms with Crippen LogP contribution in [-0.2, 0) is 0 Å². The standard InChI is InChI=1S/C10H22O2/c1-8(2,3)10(6,12)7-9(4,5)11/h11-12H,7H2,1-6H3. The molecule has 1 atom stereocenters. The predicted octanol–water partition coefficient (Wildman–Crippen LogP) is 1.94. The van der Waals surface area contributed by atoms with Gasteiger partial charge in [0.1, 0.15) is 0 Å². The van der Waals surface area contributed by atoms with Gasteiger partial charge >= 0.3 is 0 Å². The Hall–Kier alpha value is -0.0800. The third kappa shape index (κ3) is 3.55. The van der Waals surface area contributed by atoms with Gasteiger partial charge in [0, 0.05) is 6.42 Å². The number of rotatable bonds is 2. The molecule has 0 bridgehead atoms. The van der Waals surface area contributed by atoms with Gasteiger partial charge in [0.05, 0.1) is 11.2 Å². The lowest BCUT2D eigenvalue weighted by atomic mass is 9.72. The topological polar surface area (TPSA) is 40.5 Å². The molecule has 12 heavy (non-hydrogen) atoms. The van der Waals surface area contributed by atoms with Crippen LogP contribution in [-0.4, -0.2) is 21.4 Å². The zero-order chi connectivity index (χ0) is 10.2. The normalized spacial score (nSPS) is 19.0. The van der Waals surface area contributed by atoms with E-state index in [1.54, 1.807) is 20.8 Å². The Bertz CT molecular complexity index is 146. The van der Waals surface area contributed by atoms with Crippen LogP contribution in [0.15, 0.2) is 0 Å². The van der Waals surface area contributed by atoms with Crippen molar-refractivity contribution in [3.05, 3.63) is 0 Å². The first-order valence-corrected chi connectivity index (χ1v) is 4.40. The molecule has 0 amide bonds. The van der Waals surface area contributed by atoms with Crippen LogP contribution in [0.4, 0.5) is 0 Å². The summed E-state index contributed by atoms with van der Waals surface area (Å²) in [6.07, 6.45) is 0.392. The summed E-state index contributed by atoms with van der Waals surface area (Å²) >= 11 is 0. The Morgan fingerprint density at radius 2 is 1.17 bits per heavy atom. The van der Waals surface area contributed by atoms with E-state index in [1.165, 1.54) is 0 Å². The van der Waals surface area contributed by atoms with Crippen molar-refractivity contribution in [1.82, 2.24) is 0 Å². The summed E-state index contributed by atoms with van der Waals surface area (Å²) in [4.78, 5) is 0. The lowest BCUT2D eigenvalue weighted by Gasteiger charge is -2.40. The summed E-state index contributed by atoms with van der Waals surface area (Å²) < 4.78 is 0. The fraction of sp³-hybridized carbons (Fsp3) is 1.00. The van der Waals surface area contributed by atoms with E-state index in [-0.39, 0.29) is 5.41 Å². The molecule has 0 saturated heterocycles. The third-order valence-electron chi connectivity index (χ3n) is 2.39. The van der Waals surface area contributed by atoms with Crippen LogP contribution in [0.2, 0.25) is 0 Å². The number of hydrogen-bond acceptors (Lipinski definition) is 2. The highest BCUT2D eigenvalue weighted by molar-refractivity contribution is 4.90. The summed E-state index contributed by atoms with van der Waals surface area (Å²) in [5.41, 5.74) is -1.84. The maximum Gasteiger partial charge on any atom is 0.0694 e. The molecule has 0 fully saturated rings. The van der Waals surface area contributed by atoms with Crippen LogP contribution in [0.5, 0.6) is 0 Å². The van der Waals surface area contributed by atoms with E-state index in [0.717, 1.165) is 0 Å². The summed E-state index contributed by atoms with van der Waals surface area (Å²) in [6, 6.07) is 0. The Morgan fingerprint density at radius 3 is 1.25 bits per heavy atom. The van der Waals surface area contributed by atoms with Crippen LogP contribution < -0.4 is 0 Å². The van der Waals surface area contributed by atoms with Crippen molar-refractivity contribution >= 4 is 0 Å². The summed E-state index contributed by atoms with van der Waals surface area (Å²) in [7, 11) is 0. The highest BCUT2D eigenvalue weighted by Gasteiger charge is 2.39. The molecular weight excluding hydrogens is 152 g/mol. The zero-order valence-electron chi connectivity index (χ0n) is 9.10. The summed E-state index contributed by atoms with van der Waals surface area (Å²) in [6.45, 7) is 11.1. The first-order chi connectivity index (χ1) is 4.96. The maximum atomic E-state index is 10.0. The molecule has 0 aliphatic carbocycles. The van der Waals surface area contributed by atoms with Crippen molar-refractivity contribution in [1.29, 1.82) is 0 Å². The van der Waals surface area contributed by atoms with Crippen molar-refractivity contribution in [2.24, 2.45) is 5.41 Å². The molecule has 0 rings (SSSR count). The van der Waals surface area contributed by atoms with Crippen LogP contribution in [0, 0.1) is 5.41 Å². The van der Waals surface area contributed by atoms with Crippen molar-refractivity contribution in [2.75, 3.05) is 0 Å². The molecule has 0 aliphatic heterocycles. The molecule has 2 nitrogen and oxygen atoms in total. The number of aliphatic hydroxyl groups is 2. The lowest BCUT2D eigenvalue weighted by molar-refractivity contribution is -0.0966. The second-order valence-corrected chi connectivity index (χ2v) is 5.51. The predicted molar refractivity (Wildman–Crippen MR) is 51.0 cm³/mol. The molecule has 0 heterocycles. The van der Waals surface area contributed by atoms with Gasteiger partial charge in [0.25, 0.3) is 0 Å². The van der Waals surface area contributed by atoms with E-state index in [2.05, 4.69) is 0 Å². The van der Waals surface area contributed by atoms with Gasteiger partial charge in [-0.25, -0.2) is 0 Å². The van der Waals surface area contributed by atoms with Crippen LogP contribution in [0.3, 0.4) is 0 Å². The third-order valence-corrected chi connectivity index (χ3v) is 2.39. The molecule has 1 unspecified atom stereocenters. The quantitative estimate of drug-likeness (QED) is 0.671. The molecule has 0 aliphatic rings. The van der Waals surface area contributed by atoms with E-state index in [1.807, 2.05) is 20.8 Å². The van der Waals surface area contributed by atoms with Crippen molar-refractivity contribution in [3.63, 3.8) is 0 Å². The zero-order valence-corrected chi connectivity index (χ0v) is 9.10. The van der Waals surface area contributed by atoms with Gasteiger partial charge < -0.3 is 10.2 Å². The van der Waals surface area contributed by atoms with Crippen molar-refractivity contribution < 1.29 is 10.2 Å². The number of hydrogen-bond donors (Lipinski definition) is 2. The van der Waals surface area contributed by atoms with Gasteiger partial charge in [-0.3, -0.25) is 0 Å². The molecule has 0 spiro atoms. The second-order valence-electron chi connectivity index (χ2n) is 5.51. The van der Waals surface area contributed by atoms with E-state index >= 15 is 0 Å². The smallest absolute Gasteiger partial charge is 0.0694 e. The Morgan fingerprint density at radius 1 is 0.833 bits per heavy atom. The fourth-order valence-corrected chi connectivity index (χ4v) is 1.11. The molecule has 2 heteroatoms. The summed E-state index contributed by atoms with van der Waals surface area (Å²) in [5.74, 6) is 0. The first kappa shape index (κ1) is 11.9. The minimum absolute atomic E-state index is 0.201. The van der Waals surface area contributed by atoms with E-state index < -0.39 is 11.2 Å². The highest BCUT2D eigenvalue weighted by atomic mass is 16.3. The van der Waals surface area contributed by atoms with Gasteiger partial charge in [0.2, 0.25) is 0 Å². The lowest BCUT2D eigenvalue weighted by Crippen LogP contribution is -2.45. The monoisotopic (exact) mass is 174 g/mol. The average molecular weight is 174 g/mol. The Kier molecular flexibility index (Phi) is 2.98. The van der Waals surface area contributed by atoms with Crippen molar-refractivity contribution in [3.8, 4) is 0 Å². The van der Waals surface area contributed by atoms with E-state index in [9.17, 15) is 10.2 Å². The van der Waals surface area contributed by atoms with Crippen LogP contribution >= 0.6 is 0 Å². The van der Waals surface area contributed by atoms with Gasteiger partial charge in [-0.1, -0.05) is 20.8 Å². The average Bonchev–Trinajstić information content (AvgIpc) is 1.52. The Balaban J connectivity index is 4.44. The second kappa shape index (κ2) is 3.00. The molecule has 0 radical (unpaired) electrons. The Labute approximate surface area is 75.6 Å². The molecule has 0 aromatic rings. The molecular formula is C10H22O2. The molecule has 74 valence electrons. The van der Waals surface area contributed by atoms with Crippen molar-refractivity contribution in [2.45, 2.75) is 59.2 Å². The molecule has 2 N–H and O–H groups in total.